The molecule has 2 aromatic carbocycles. The molecule has 1 aliphatic rings. The van der Waals surface area contributed by atoms with Gasteiger partial charge in [-0.15, -0.1) is 5.10 Å². The number of fused-ring (bicyclic) bond motifs is 1. The third-order valence-corrected chi connectivity index (χ3v) is 4.51. The Morgan fingerprint density at radius 3 is 2.24 bits per heavy atom. The highest BCUT2D eigenvalue weighted by Crippen LogP contribution is 2.25. The predicted octanol–water partition coefficient (Wildman–Crippen LogP) is 1.66. The molecule has 29 heavy (non-hydrogen) atoms. The Bertz CT molecular complexity index is 1080. The summed E-state index contributed by atoms with van der Waals surface area (Å²) in [5.74, 6) is -2.45. The first-order chi connectivity index (χ1) is 14.0. The molecule has 9 nitrogen and oxygen atoms in total. The molecule has 1 atom stereocenters. The van der Waals surface area contributed by atoms with Gasteiger partial charge in [0.05, 0.1) is 11.1 Å². The smallest absolute Gasteiger partial charge is 0.327 e. The summed E-state index contributed by atoms with van der Waals surface area (Å²) in [4.78, 5) is 43.0. The van der Waals surface area contributed by atoms with E-state index in [9.17, 15) is 18.8 Å². The molecule has 4 rings (SSSR count). The number of benzene rings is 2. The number of rotatable bonds is 5. The Hall–Kier alpha value is -3.95. The summed E-state index contributed by atoms with van der Waals surface area (Å²) in [6, 6.07) is 10.6. The lowest BCUT2D eigenvalue weighted by Crippen LogP contribution is -2.37. The molecule has 2 heterocycles. The molecule has 1 aliphatic heterocycles. The molecule has 3 aromatic rings. The SMILES string of the molecule is Cc1nnnn1C(Cc1ccc(F)cc1)C(=O)ON1C(=O)c2ccccc2C1=O. The number of hydrogen-bond acceptors (Lipinski definition) is 7. The highest BCUT2D eigenvalue weighted by Gasteiger charge is 2.40. The van der Waals surface area contributed by atoms with E-state index in [1.807, 2.05) is 0 Å². The van der Waals surface area contributed by atoms with E-state index in [1.54, 1.807) is 19.1 Å². The minimum absolute atomic E-state index is 0.0637. The van der Waals surface area contributed by atoms with Gasteiger partial charge in [0.2, 0.25) is 0 Å². The van der Waals surface area contributed by atoms with E-state index in [2.05, 4.69) is 15.5 Å². The molecule has 1 unspecified atom stereocenters. The number of aromatic nitrogens is 4. The molecule has 0 radical (unpaired) electrons. The van der Waals surface area contributed by atoms with Gasteiger partial charge in [-0.2, -0.15) is 0 Å². The number of hydrogen-bond donors (Lipinski definition) is 0. The Kier molecular flexibility index (Phi) is 4.59. The lowest BCUT2D eigenvalue weighted by Gasteiger charge is -2.19. The maximum Gasteiger partial charge on any atom is 0.358 e. The van der Waals surface area contributed by atoms with Gasteiger partial charge in [0, 0.05) is 6.42 Å². The van der Waals surface area contributed by atoms with Crippen LogP contribution in [0.5, 0.6) is 0 Å². The first kappa shape index (κ1) is 18.4. The van der Waals surface area contributed by atoms with Gasteiger partial charge in [0.15, 0.2) is 6.04 Å². The van der Waals surface area contributed by atoms with E-state index in [1.165, 1.54) is 41.1 Å². The fourth-order valence-corrected chi connectivity index (χ4v) is 3.04. The van der Waals surface area contributed by atoms with Crippen LogP contribution in [0.15, 0.2) is 48.5 Å². The Morgan fingerprint density at radius 1 is 1.07 bits per heavy atom. The number of imide groups is 1. The molecule has 10 heteroatoms. The lowest BCUT2D eigenvalue weighted by molar-refractivity contribution is -0.173. The van der Waals surface area contributed by atoms with Crippen LogP contribution in [0.3, 0.4) is 0 Å². The van der Waals surface area contributed by atoms with Crippen LogP contribution in [0, 0.1) is 12.7 Å². The maximum atomic E-state index is 13.2. The van der Waals surface area contributed by atoms with E-state index >= 15 is 0 Å². The maximum absolute atomic E-state index is 13.2. The molecule has 0 bridgehead atoms. The standard InChI is InChI=1S/C19H14FN5O4/c1-11-21-22-23-24(11)16(10-12-6-8-13(20)9-7-12)19(28)29-25-17(26)14-4-2-3-5-15(14)18(25)27/h2-9,16H,10H2,1H3. The molecule has 0 fully saturated rings. The molecule has 1 aromatic heterocycles. The fraction of sp³-hybridized carbons (Fsp3) is 0.158. The second-order valence-corrected chi connectivity index (χ2v) is 6.38. The molecular weight excluding hydrogens is 381 g/mol. The van der Waals surface area contributed by atoms with E-state index < -0.39 is 29.6 Å². The van der Waals surface area contributed by atoms with Crippen molar-refractivity contribution in [2.24, 2.45) is 0 Å². The zero-order valence-electron chi connectivity index (χ0n) is 15.2. The van der Waals surface area contributed by atoms with Crippen molar-refractivity contribution in [2.45, 2.75) is 19.4 Å². The molecule has 0 saturated heterocycles. The Labute approximate surface area is 163 Å². The summed E-state index contributed by atoms with van der Waals surface area (Å²) in [6.45, 7) is 1.59. The van der Waals surface area contributed by atoms with Crippen LogP contribution in [0.25, 0.3) is 0 Å². The molecule has 0 N–H and O–H groups in total. The van der Waals surface area contributed by atoms with Crippen LogP contribution in [-0.2, 0) is 16.1 Å². The molecular formula is C19H14FN5O4. The number of hydroxylamine groups is 2. The summed E-state index contributed by atoms with van der Waals surface area (Å²) < 4.78 is 14.4. The average molecular weight is 395 g/mol. The largest absolute Gasteiger partial charge is 0.358 e. The van der Waals surface area contributed by atoms with Crippen LogP contribution in [0.4, 0.5) is 4.39 Å². The number of nitrogens with zero attached hydrogens (tertiary/aromatic N) is 5. The first-order valence-electron chi connectivity index (χ1n) is 8.64. The minimum atomic E-state index is -1.07. The van der Waals surface area contributed by atoms with Crippen LogP contribution in [0.1, 0.15) is 38.1 Å². The molecule has 2 amide bonds. The minimum Gasteiger partial charge on any atom is -0.327 e. The van der Waals surface area contributed by atoms with E-state index in [0.717, 1.165) is 0 Å². The van der Waals surface area contributed by atoms with E-state index in [4.69, 9.17) is 4.84 Å². The van der Waals surface area contributed by atoms with Gasteiger partial charge in [0.25, 0.3) is 11.8 Å². The Balaban J connectivity index is 1.61. The molecule has 0 aliphatic carbocycles. The summed E-state index contributed by atoms with van der Waals surface area (Å²) in [5, 5.41) is 11.5. The number of halogens is 1. The van der Waals surface area contributed by atoms with Gasteiger partial charge >= 0.3 is 5.97 Å². The van der Waals surface area contributed by atoms with Gasteiger partial charge in [-0.1, -0.05) is 29.3 Å². The van der Waals surface area contributed by atoms with Crippen LogP contribution >= 0.6 is 0 Å². The van der Waals surface area contributed by atoms with Crippen molar-refractivity contribution in [3.8, 4) is 0 Å². The monoisotopic (exact) mass is 395 g/mol. The van der Waals surface area contributed by atoms with E-state index in [0.29, 0.717) is 16.5 Å². The van der Waals surface area contributed by atoms with Crippen molar-refractivity contribution in [2.75, 3.05) is 0 Å². The van der Waals surface area contributed by atoms with Crippen molar-refractivity contribution < 1.29 is 23.6 Å². The number of aryl methyl sites for hydroxylation is 1. The number of amides is 2. The van der Waals surface area contributed by atoms with Gasteiger partial charge in [-0.05, 0) is 47.2 Å². The normalized spacial score (nSPS) is 14.1. The topological polar surface area (TPSA) is 107 Å². The summed E-state index contributed by atoms with van der Waals surface area (Å²) in [7, 11) is 0. The van der Waals surface area contributed by atoms with Gasteiger partial charge in [-0.25, -0.2) is 13.9 Å². The van der Waals surface area contributed by atoms with Crippen molar-refractivity contribution in [1.82, 2.24) is 25.3 Å². The van der Waals surface area contributed by atoms with E-state index in [-0.39, 0.29) is 17.5 Å². The van der Waals surface area contributed by atoms with Crippen molar-refractivity contribution in [3.05, 3.63) is 76.9 Å². The molecule has 146 valence electrons. The second kappa shape index (κ2) is 7.23. The van der Waals surface area contributed by atoms with Crippen LogP contribution in [0.2, 0.25) is 0 Å². The van der Waals surface area contributed by atoms with Gasteiger partial charge in [0.1, 0.15) is 11.6 Å². The average Bonchev–Trinajstić information content (AvgIpc) is 3.24. The Morgan fingerprint density at radius 2 is 1.69 bits per heavy atom. The molecule has 0 spiro atoms. The van der Waals surface area contributed by atoms with Crippen LogP contribution in [-0.4, -0.2) is 43.1 Å². The van der Waals surface area contributed by atoms with Crippen molar-refractivity contribution in [3.63, 3.8) is 0 Å². The fourth-order valence-electron chi connectivity index (χ4n) is 3.04. The number of carbonyl (C=O) groups is 3. The van der Waals surface area contributed by atoms with Crippen LogP contribution < -0.4 is 0 Å². The summed E-state index contributed by atoms with van der Waals surface area (Å²) in [6.07, 6.45) is 0.0637. The zero-order valence-corrected chi connectivity index (χ0v) is 15.2. The van der Waals surface area contributed by atoms with Crippen molar-refractivity contribution >= 4 is 17.8 Å². The highest BCUT2D eigenvalue weighted by atomic mass is 19.1. The highest BCUT2D eigenvalue weighted by molar-refractivity contribution is 6.20. The zero-order chi connectivity index (χ0) is 20.5. The quantitative estimate of drug-likeness (QED) is 0.605. The summed E-state index contributed by atoms with van der Waals surface area (Å²) in [5.41, 5.74) is 0.920. The predicted molar refractivity (Wildman–Crippen MR) is 94.7 cm³/mol. The second-order valence-electron chi connectivity index (χ2n) is 6.38. The lowest BCUT2D eigenvalue weighted by atomic mass is 10.1. The van der Waals surface area contributed by atoms with Crippen molar-refractivity contribution in [1.29, 1.82) is 0 Å². The molecule has 0 saturated carbocycles. The summed E-state index contributed by atoms with van der Waals surface area (Å²) >= 11 is 0. The number of carbonyl (C=O) groups excluding carboxylic acids is 3. The third-order valence-electron chi connectivity index (χ3n) is 4.51. The third kappa shape index (κ3) is 3.35. The van der Waals surface area contributed by atoms with Gasteiger partial charge in [-0.3, -0.25) is 9.59 Å². The van der Waals surface area contributed by atoms with Gasteiger partial charge < -0.3 is 4.84 Å². The number of tetrazole rings is 1. The first-order valence-corrected chi connectivity index (χ1v) is 8.64.